The highest BCUT2D eigenvalue weighted by atomic mass is 16.5. The predicted molar refractivity (Wildman–Crippen MR) is 67.7 cm³/mol. The minimum absolute atomic E-state index is 0.0479. The Bertz CT molecular complexity index is 573. The minimum atomic E-state index is 0.0479. The van der Waals surface area contributed by atoms with Gasteiger partial charge in [0.25, 0.3) is 5.82 Å². The van der Waals surface area contributed by atoms with Crippen molar-refractivity contribution < 1.29 is 14.1 Å². The monoisotopic (exact) mass is 245 g/mol. The zero-order valence-electron chi connectivity index (χ0n) is 10.9. The third-order valence-corrected chi connectivity index (χ3v) is 3.12. The molecule has 2 rings (SSSR count). The maximum absolute atomic E-state index is 12.2. The van der Waals surface area contributed by atoms with Gasteiger partial charge in [-0.15, -0.1) is 0 Å². The summed E-state index contributed by atoms with van der Waals surface area (Å²) in [6, 6.07) is 7.30. The van der Waals surface area contributed by atoms with Crippen molar-refractivity contribution >= 4 is 5.78 Å². The van der Waals surface area contributed by atoms with Gasteiger partial charge >= 0.3 is 0 Å². The zero-order chi connectivity index (χ0) is 13.1. The second-order valence-electron chi connectivity index (χ2n) is 4.21. The molecule has 1 heterocycles. The molecule has 0 fully saturated rings. The number of nitrogens with zero attached hydrogens (tertiary/aromatic N) is 2. The molecule has 0 saturated carbocycles. The highest BCUT2D eigenvalue weighted by molar-refractivity contribution is 5.98. The van der Waals surface area contributed by atoms with E-state index in [1.54, 1.807) is 19.2 Å². The molecule has 0 aliphatic carbocycles. The standard InChI is InChI=1S/C14H17N2O2/c1-11-15(2)8-9-16(11)10-13(17)12-6-4-5-7-14(12)18-3/h4-9H,10H2,1-3H3/q+1. The first-order valence-corrected chi connectivity index (χ1v) is 5.81. The smallest absolute Gasteiger partial charge is 0.253 e. The maximum atomic E-state index is 12.2. The van der Waals surface area contributed by atoms with E-state index in [-0.39, 0.29) is 5.78 Å². The first kappa shape index (κ1) is 12.4. The number of methoxy groups -OCH3 is 1. The molecule has 0 unspecified atom stereocenters. The lowest BCUT2D eigenvalue weighted by molar-refractivity contribution is -0.677. The van der Waals surface area contributed by atoms with Crippen LogP contribution in [0.2, 0.25) is 0 Å². The first-order chi connectivity index (χ1) is 8.63. The number of hydrogen-bond acceptors (Lipinski definition) is 2. The van der Waals surface area contributed by atoms with Crippen molar-refractivity contribution in [2.75, 3.05) is 7.11 Å². The highest BCUT2D eigenvalue weighted by Gasteiger charge is 2.17. The first-order valence-electron chi connectivity index (χ1n) is 5.81. The van der Waals surface area contributed by atoms with Crippen LogP contribution in [-0.4, -0.2) is 17.5 Å². The maximum Gasteiger partial charge on any atom is 0.253 e. The Morgan fingerprint density at radius 1 is 1.39 bits per heavy atom. The molecule has 0 aliphatic heterocycles. The Morgan fingerprint density at radius 2 is 2.11 bits per heavy atom. The average Bonchev–Trinajstić information content (AvgIpc) is 2.70. The van der Waals surface area contributed by atoms with E-state index in [1.165, 1.54) is 0 Å². The molecule has 0 spiro atoms. The molecule has 0 aliphatic rings. The summed E-state index contributed by atoms with van der Waals surface area (Å²) in [6.45, 7) is 2.31. The van der Waals surface area contributed by atoms with Gasteiger partial charge in [0.2, 0.25) is 5.78 Å². The van der Waals surface area contributed by atoms with Crippen molar-refractivity contribution in [2.24, 2.45) is 7.05 Å². The summed E-state index contributed by atoms with van der Waals surface area (Å²) in [5.41, 5.74) is 0.621. The minimum Gasteiger partial charge on any atom is -0.496 e. The number of aromatic nitrogens is 2. The van der Waals surface area contributed by atoms with Crippen molar-refractivity contribution in [3.8, 4) is 5.75 Å². The number of carbonyl (C=O) groups is 1. The summed E-state index contributed by atoms with van der Waals surface area (Å²) >= 11 is 0. The summed E-state index contributed by atoms with van der Waals surface area (Å²) in [7, 11) is 3.53. The molecule has 0 atom stereocenters. The SMILES string of the molecule is COc1ccccc1C(=O)Cn1cc[n+](C)c1C. The van der Waals surface area contributed by atoms with E-state index >= 15 is 0 Å². The van der Waals surface area contributed by atoms with E-state index in [2.05, 4.69) is 0 Å². The third-order valence-electron chi connectivity index (χ3n) is 3.12. The van der Waals surface area contributed by atoms with E-state index in [0.717, 1.165) is 5.82 Å². The average molecular weight is 245 g/mol. The van der Waals surface area contributed by atoms with E-state index < -0.39 is 0 Å². The van der Waals surface area contributed by atoms with Crippen LogP contribution >= 0.6 is 0 Å². The van der Waals surface area contributed by atoms with Gasteiger partial charge in [-0.2, -0.15) is 0 Å². The van der Waals surface area contributed by atoms with E-state index in [4.69, 9.17) is 4.74 Å². The van der Waals surface area contributed by atoms with Crippen molar-refractivity contribution in [2.45, 2.75) is 13.5 Å². The molecule has 0 bridgehead atoms. The molecule has 2 aromatic rings. The van der Waals surface area contributed by atoms with Crippen LogP contribution in [0.1, 0.15) is 16.2 Å². The number of para-hydroxylation sites is 1. The van der Waals surface area contributed by atoms with Crippen molar-refractivity contribution in [3.05, 3.63) is 48.0 Å². The van der Waals surface area contributed by atoms with Crippen LogP contribution in [0, 0.1) is 6.92 Å². The van der Waals surface area contributed by atoms with Gasteiger partial charge in [0, 0.05) is 6.92 Å². The second kappa shape index (κ2) is 5.04. The Labute approximate surface area is 106 Å². The summed E-state index contributed by atoms with van der Waals surface area (Å²) < 4.78 is 9.11. The Kier molecular flexibility index (Phi) is 3.46. The summed E-state index contributed by atoms with van der Waals surface area (Å²) in [6.07, 6.45) is 3.84. The van der Waals surface area contributed by atoms with Gasteiger partial charge in [-0.3, -0.25) is 4.79 Å². The molecular weight excluding hydrogens is 228 g/mol. The molecule has 4 heteroatoms. The van der Waals surface area contributed by atoms with Crippen LogP contribution in [0.4, 0.5) is 0 Å². The van der Waals surface area contributed by atoms with Crippen LogP contribution in [0.25, 0.3) is 0 Å². The molecule has 4 nitrogen and oxygen atoms in total. The predicted octanol–water partition coefficient (Wildman–Crippen LogP) is 1.51. The number of aryl methyl sites for hydroxylation is 1. The number of ether oxygens (including phenoxy) is 1. The van der Waals surface area contributed by atoms with Gasteiger partial charge in [-0.05, 0) is 12.1 Å². The van der Waals surface area contributed by atoms with E-state index in [9.17, 15) is 4.79 Å². The van der Waals surface area contributed by atoms with Gasteiger partial charge in [-0.25, -0.2) is 9.13 Å². The van der Waals surface area contributed by atoms with Gasteiger partial charge in [0.15, 0.2) is 6.54 Å². The van der Waals surface area contributed by atoms with Crippen LogP contribution in [0.3, 0.4) is 0 Å². The zero-order valence-corrected chi connectivity index (χ0v) is 10.9. The molecule has 0 N–H and O–H groups in total. The quantitative estimate of drug-likeness (QED) is 0.604. The van der Waals surface area contributed by atoms with E-state index in [1.807, 2.05) is 47.6 Å². The number of benzene rings is 1. The molecular formula is C14H17N2O2+. The summed E-state index contributed by atoms with van der Waals surface area (Å²) in [5, 5.41) is 0. The van der Waals surface area contributed by atoms with Gasteiger partial charge in [-0.1, -0.05) is 12.1 Å². The van der Waals surface area contributed by atoms with Crippen LogP contribution in [-0.2, 0) is 13.6 Å². The molecule has 18 heavy (non-hydrogen) atoms. The fraction of sp³-hybridized carbons (Fsp3) is 0.286. The van der Waals surface area contributed by atoms with Crippen molar-refractivity contribution in [1.29, 1.82) is 0 Å². The van der Waals surface area contributed by atoms with Gasteiger partial charge < -0.3 is 4.74 Å². The third kappa shape index (κ3) is 2.27. The fourth-order valence-electron chi connectivity index (χ4n) is 1.88. The normalized spacial score (nSPS) is 10.4. The largest absolute Gasteiger partial charge is 0.496 e. The Balaban J connectivity index is 2.25. The van der Waals surface area contributed by atoms with Crippen molar-refractivity contribution in [1.82, 2.24) is 4.57 Å². The topological polar surface area (TPSA) is 35.1 Å². The van der Waals surface area contributed by atoms with Gasteiger partial charge in [0.1, 0.15) is 18.1 Å². The number of hydrogen-bond donors (Lipinski definition) is 0. The van der Waals surface area contributed by atoms with Crippen LogP contribution in [0.15, 0.2) is 36.7 Å². The second-order valence-corrected chi connectivity index (χ2v) is 4.21. The molecule has 94 valence electrons. The Morgan fingerprint density at radius 3 is 2.72 bits per heavy atom. The number of rotatable bonds is 4. The van der Waals surface area contributed by atoms with Crippen LogP contribution in [0.5, 0.6) is 5.75 Å². The Hall–Kier alpha value is -2.10. The van der Waals surface area contributed by atoms with Crippen LogP contribution < -0.4 is 9.30 Å². The molecule has 1 aromatic carbocycles. The summed E-state index contributed by atoms with van der Waals surface area (Å²) in [5.74, 6) is 1.71. The number of carbonyl (C=O) groups excluding carboxylic acids is 1. The lowest BCUT2D eigenvalue weighted by atomic mass is 10.1. The molecule has 0 saturated heterocycles. The fourth-order valence-corrected chi connectivity index (χ4v) is 1.88. The van der Waals surface area contributed by atoms with E-state index in [0.29, 0.717) is 17.9 Å². The molecule has 0 amide bonds. The molecule has 1 aromatic heterocycles. The molecule has 0 radical (unpaired) electrons. The number of imidazole rings is 1. The number of Topliss-reactive ketones (excluding diaryl/α,β-unsaturated/α-hetero) is 1. The lowest BCUT2D eigenvalue weighted by Crippen LogP contribution is -2.30. The van der Waals surface area contributed by atoms with Crippen molar-refractivity contribution in [3.63, 3.8) is 0 Å². The summed E-state index contributed by atoms with van der Waals surface area (Å²) in [4.78, 5) is 12.2. The highest BCUT2D eigenvalue weighted by Crippen LogP contribution is 2.18. The van der Waals surface area contributed by atoms with Gasteiger partial charge in [0.05, 0.1) is 19.7 Å². The lowest BCUT2D eigenvalue weighted by Gasteiger charge is -2.06. The number of ketones is 1.